The highest BCUT2D eigenvalue weighted by Crippen LogP contribution is 2.39. The zero-order chi connectivity index (χ0) is 29.7. The molecule has 5 rings (SSSR count). The van der Waals surface area contributed by atoms with E-state index in [1.165, 1.54) is 15.8 Å². The van der Waals surface area contributed by atoms with Crippen LogP contribution in [0.15, 0.2) is 41.5 Å². The summed E-state index contributed by atoms with van der Waals surface area (Å²) >= 11 is 0. The number of hydrogen-bond acceptors (Lipinski definition) is 8. The molecule has 1 aromatic carbocycles. The number of benzene rings is 1. The zero-order valence-corrected chi connectivity index (χ0v) is 22.5. The third kappa shape index (κ3) is 5.64. The van der Waals surface area contributed by atoms with E-state index in [1.807, 2.05) is 0 Å². The van der Waals surface area contributed by atoms with Crippen molar-refractivity contribution in [1.29, 1.82) is 0 Å². The second-order valence-corrected chi connectivity index (χ2v) is 12.1. The van der Waals surface area contributed by atoms with E-state index in [0.717, 1.165) is 18.4 Å². The van der Waals surface area contributed by atoms with Gasteiger partial charge in [0, 0.05) is 50.8 Å². The molecule has 4 heterocycles. The van der Waals surface area contributed by atoms with Crippen molar-refractivity contribution in [2.45, 2.75) is 18.1 Å². The van der Waals surface area contributed by atoms with Gasteiger partial charge in [-0.15, -0.1) is 0 Å². The van der Waals surface area contributed by atoms with Crippen molar-refractivity contribution in [3.8, 4) is 5.82 Å². The largest absolute Gasteiger partial charge is 0.416 e. The average Bonchev–Trinajstić information content (AvgIpc) is 3.19. The fraction of sp³-hybridized carbons (Fsp3) is 0.320. The number of fused-ring (bicyclic) bond motifs is 1. The quantitative estimate of drug-likeness (QED) is 0.329. The van der Waals surface area contributed by atoms with Crippen molar-refractivity contribution < 1.29 is 35.6 Å². The van der Waals surface area contributed by atoms with Crippen molar-refractivity contribution in [3.63, 3.8) is 0 Å². The molecule has 3 aromatic rings. The second-order valence-electron chi connectivity index (χ2n) is 9.97. The van der Waals surface area contributed by atoms with Gasteiger partial charge in [-0.05, 0) is 30.3 Å². The number of aliphatic imine (C=N–C) groups is 1. The van der Waals surface area contributed by atoms with E-state index in [0.29, 0.717) is 11.6 Å². The molecule has 41 heavy (non-hydrogen) atoms. The molecule has 0 radical (unpaired) electrons. The number of carbonyl (C=O) groups is 2. The molecule has 0 atom stereocenters. The third-order valence-corrected chi connectivity index (χ3v) is 7.38. The van der Waals surface area contributed by atoms with E-state index in [1.54, 1.807) is 25.4 Å². The van der Waals surface area contributed by atoms with Crippen LogP contribution in [0.2, 0.25) is 0 Å². The minimum Gasteiger partial charge on any atom is -0.364 e. The summed E-state index contributed by atoms with van der Waals surface area (Å²) in [5.74, 6) is -3.21. The number of carbonyl (C=O) groups excluding carboxylic acids is 2. The van der Waals surface area contributed by atoms with Crippen molar-refractivity contribution in [2.24, 2.45) is 4.99 Å². The van der Waals surface area contributed by atoms with Crippen LogP contribution in [0.1, 0.15) is 27.2 Å². The lowest BCUT2D eigenvalue weighted by Gasteiger charge is -2.52. The van der Waals surface area contributed by atoms with E-state index in [2.05, 4.69) is 25.7 Å². The minimum atomic E-state index is -4.69. The molecule has 0 aliphatic carbocycles. The van der Waals surface area contributed by atoms with Crippen LogP contribution in [-0.2, 0) is 27.2 Å². The maximum Gasteiger partial charge on any atom is 0.416 e. The first-order valence-corrected chi connectivity index (χ1v) is 14.2. The van der Waals surface area contributed by atoms with Crippen LogP contribution in [0.5, 0.6) is 0 Å². The van der Waals surface area contributed by atoms with Crippen LogP contribution in [0, 0.1) is 5.82 Å². The number of nitrogens with one attached hydrogen (secondary N) is 2. The van der Waals surface area contributed by atoms with E-state index in [9.17, 15) is 35.6 Å². The summed E-state index contributed by atoms with van der Waals surface area (Å²) in [5, 5.41) is 9.82. The Labute approximate surface area is 231 Å². The fourth-order valence-corrected chi connectivity index (χ4v) is 5.46. The maximum absolute atomic E-state index is 14.5. The monoisotopic (exact) mass is 593 g/mol. The van der Waals surface area contributed by atoms with Crippen LogP contribution < -0.4 is 15.5 Å². The van der Waals surface area contributed by atoms with Gasteiger partial charge in [-0.2, -0.15) is 23.0 Å². The summed E-state index contributed by atoms with van der Waals surface area (Å²) in [4.78, 5) is 35.6. The maximum atomic E-state index is 14.5. The van der Waals surface area contributed by atoms with Gasteiger partial charge in [0.15, 0.2) is 21.5 Å². The summed E-state index contributed by atoms with van der Waals surface area (Å²) in [6.07, 6.45) is -0.578. The molecule has 1 spiro atoms. The molecule has 1 saturated heterocycles. The fourth-order valence-electron chi connectivity index (χ4n) is 4.91. The van der Waals surface area contributed by atoms with Crippen molar-refractivity contribution in [2.75, 3.05) is 42.4 Å². The lowest BCUT2D eigenvalue weighted by molar-refractivity contribution is -0.137. The Bertz CT molecular complexity index is 1680. The standard InChI is InChI=1S/C25H23F4N7O4S/c1-30-9-14-3-6-19(31-10-14)36-22(32-20(37)11-41(2,39)40)21-17(34-36)8-24(33-23(21)38)12-35(13-24)18-5-4-15(7-16(18)26)25(27,28)29/h3-7,9-10H,8,11-13H2,1-2H3,(H,32,37)(H,33,38)/b30-9+. The van der Waals surface area contributed by atoms with Gasteiger partial charge in [0.2, 0.25) is 5.91 Å². The summed E-state index contributed by atoms with van der Waals surface area (Å²) in [6.45, 7) is 0.179. The topological polar surface area (TPSA) is 139 Å². The number of amides is 2. The number of hydrogen-bond donors (Lipinski definition) is 2. The molecule has 2 aliphatic heterocycles. The molecule has 0 unspecified atom stereocenters. The molecular formula is C25H23F4N7O4S. The van der Waals surface area contributed by atoms with E-state index >= 15 is 0 Å². The molecule has 2 N–H and O–H groups in total. The average molecular weight is 594 g/mol. The molecule has 0 bridgehead atoms. The molecular weight excluding hydrogens is 570 g/mol. The van der Waals surface area contributed by atoms with Crippen molar-refractivity contribution in [3.05, 3.63) is 64.7 Å². The summed E-state index contributed by atoms with van der Waals surface area (Å²) in [7, 11) is -2.09. The van der Waals surface area contributed by atoms with Gasteiger partial charge in [0.1, 0.15) is 17.1 Å². The van der Waals surface area contributed by atoms with Gasteiger partial charge in [-0.1, -0.05) is 0 Å². The van der Waals surface area contributed by atoms with Gasteiger partial charge in [0.25, 0.3) is 5.91 Å². The first-order chi connectivity index (χ1) is 19.2. The molecule has 2 amide bonds. The molecule has 216 valence electrons. The van der Waals surface area contributed by atoms with Gasteiger partial charge in [0.05, 0.1) is 22.5 Å². The van der Waals surface area contributed by atoms with Crippen LogP contribution in [0.3, 0.4) is 0 Å². The number of aromatic nitrogens is 3. The van der Waals surface area contributed by atoms with Gasteiger partial charge >= 0.3 is 6.18 Å². The molecule has 1 fully saturated rings. The predicted octanol–water partition coefficient (Wildman–Crippen LogP) is 2.00. The van der Waals surface area contributed by atoms with Crippen LogP contribution in [0.25, 0.3) is 5.82 Å². The summed E-state index contributed by atoms with van der Waals surface area (Å²) < 4.78 is 77.9. The third-order valence-electron chi connectivity index (χ3n) is 6.59. The first kappa shape index (κ1) is 28.2. The lowest BCUT2D eigenvalue weighted by Crippen LogP contribution is -2.73. The van der Waals surface area contributed by atoms with Gasteiger partial charge < -0.3 is 15.5 Å². The number of halogens is 4. The van der Waals surface area contributed by atoms with Crippen molar-refractivity contribution in [1.82, 2.24) is 20.1 Å². The lowest BCUT2D eigenvalue weighted by atomic mass is 9.80. The van der Waals surface area contributed by atoms with Gasteiger partial charge in [-0.25, -0.2) is 17.8 Å². The van der Waals surface area contributed by atoms with Crippen molar-refractivity contribution >= 4 is 39.4 Å². The van der Waals surface area contributed by atoms with Gasteiger partial charge in [-0.3, -0.25) is 14.6 Å². The molecule has 16 heteroatoms. The van der Waals surface area contributed by atoms with E-state index < -0.39 is 50.5 Å². The smallest absolute Gasteiger partial charge is 0.364 e. The molecule has 2 aromatic heterocycles. The normalized spacial score (nSPS) is 16.4. The Hall–Kier alpha value is -4.34. The number of anilines is 2. The number of alkyl halides is 3. The number of nitrogens with zero attached hydrogens (tertiary/aromatic N) is 5. The Morgan fingerprint density at radius 2 is 1.98 bits per heavy atom. The number of pyridine rings is 1. The SMILES string of the molecule is C/N=C/c1ccc(-n2nc3c(c2NC(=O)CS(C)(=O)=O)C(=O)NC2(C3)CN(c3ccc(C(F)(F)F)cc3F)C2)nc1. The summed E-state index contributed by atoms with van der Waals surface area (Å²) in [6, 6.07) is 5.52. The molecule has 11 nitrogen and oxygen atoms in total. The predicted molar refractivity (Wildman–Crippen MR) is 141 cm³/mol. The first-order valence-electron chi connectivity index (χ1n) is 12.1. The Kier molecular flexibility index (Phi) is 6.83. The highest BCUT2D eigenvalue weighted by atomic mass is 32.2. The zero-order valence-electron chi connectivity index (χ0n) is 21.7. The van der Waals surface area contributed by atoms with Crippen LogP contribution in [0.4, 0.5) is 29.1 Å². The molecule has 2 aliphatic rings. The highest BCUT2D eigenvalue weighted by Gasteiger charge is 2.50. The number of sulfone groups is 1. The highest BCUT2D eigenvalue weighted by molar-refractivity contribution is 7.91. The Morgan fingerprint density at radius 1 is 1.24 bits per heavy atom. The minimum absolute atomic E-state index is 0.0117. The summed E-state index contributed by atoms with van der Waals surface area (Å²) in [5.41, 5.74) is -1.08. The van der Waals surface area contributed by atoms with Crippen LogP contribution >= 0.6 is 0 Å². The number of rotatable bonds is 6. The Morgan fingerprint density at radius 3 is 2.56 bits per heavy atom. The molecule has 0 saturated carbocycles. The second kappa shape index (κ2) is 9.94. The van der Waals surface area contributed by atoms with E-state index in [-0.39, 0.29) is 48.1 Å². The van der Waals surface area contributed by atoms with E-state index in [4.69, 9.17) is 0 Å². The Balaban J connectivity index is 1.45. The van der Waals surface area contributed by atoms with Crippen LogP contribution in [-0.4, -0.2) is 78.9 Å².